The Balaban J connectivity index is 2.23. The minimum atomic E-state index is 0.477. The van der Waals surface area contributed by atoms with E-state index in [0.29, 0.717) is 28.6 Å². The van der Waals surface area contributed by atoms with Gasteiger partial charge in [0, 0.05) is 18.6 Å². The third-order valence-corrected chi connectivity index (χ3v) is 4.43. The van der Waals surface area contributed by atoms with Crippen LogP contribution in [0.1, 0.15) is 12.7 Å². The lowest BCUT2D eigenvalue weighted by Gasteiger charge is -2.13. The Hall–Kier alpha value is -3.67. The molecule has 0 aliphatic heterocycles. The summed E-state index contributed by atoms with van der Waals surface area (Å²) in [6.45, 7) is 5.73. The van der Waals surface area contributed by atoms with E-state index in [1.807, 2.05) is 56.4 Å². The lowest BCUT2D eigenvalue weighted by atomic mass is 10.0. The molecule has 0 aliphatic carbocycles. The number of hydrogen-bond donors (Lipinski definition) is 1. The van der Waals surface area contributed by atoms with Crippen LogP contribution in [0.15, 0.2) is 66.3 Å². The van der Waals surface area contributed by atoms with E-state index in [4.69, 9.17) is 14.5 Å². The van der Waals surface area contributed by atoms with Gasteiger partial charge >= 0.3 is 0 Å². The van der Waals surface area contributed by atoms with Crippen LogP contribution in [0.3, 0.4) is 0 Å². The average molecular weight is 388 g/mol. The number of anilines is 1. The van der Waals surface area contributed by atoms with Gasteiger partial charge in [-0.1, -0.05) is 24.8 Å². The molecule has 0 atom stereocenters. The average Bonchev–Trinajstić information content (AvgIpc) is 2.78. The van der Waals surface area contributed by atoms with Crippen LogP contribution >= 0.6 is 0 Å². The van der Waals surface area contributed by atoms with E-state index in [1.54, 1.807) is 26.5 Å². The van der Waals surface area contributed by atoms with Gasteiger partial charge in [0.1, 0.15) is 28.5 Å². The lowest BCUT2D eigenvalue weighted by molar-refractivity contribution is 0.415. The van der Waals surface area contributed by atoms with Crippen molar-refractivity contribution in [2.75, 3.05) is 26.6 Å². The summed E-state index contributed by atoms with van der Waals surface area (Å²) in [4.78, 5) is 13.7. The SMILES string of the molecule is C=CC(=N/C=C\C)c1nc(NC)c2cc(-c3ccc(OC)cc3)cc(OC)c2n1. The fourth-order valence-corrected chi connectivity index (χ4v) is 2.97. The molecule has 0 amide bonds. The van der Waals surface area contributed by atoms with Crippen molar-refractivity contribution >= 4 is 22.4 Å². The van der Waals surface area contributed by atoms with Crippen LogP contribution < -0.4 is 14.8 Å². The summed E-state index contributed by atoms with van der Waals surface area (Å²) >= 11 is 0. The number of allylic oxidation sites excluding steroid dienone is 2. The van der Waals surface area contributed by atoms with Gasteiger partial charge in [-0.25, -0.2) is 9.97 Å². The Morgan fingerprint density at radius 3 is 2.41 bits per heavy atom. The smallest absolute Gasteiger partial charge is 0.180 e. The Morgan fingerprint density at radius 2 is 1.83 bits per heavy atom. The third kappa shape index (κ3) is 4.11. The minimum Gasteiger partial charge on any atom is -0.497 e. The highest BCUT2D eigenvalue weighted by Gasteiger charge is 2.15. The van der Waals surface area contributed by atoms with E-state index in [-0.39, 0.29) is 0 Å². The fourth-order valence-electron chi connectivity index (χ4n) is 2.97. The van der Waals surface area contributed by atoms with Crippen LogP contribution in [0.25, 0.3) is 22.0 Å². The first-order valence-corrected chi connectivity index (χ1v) is 9.18. The van der Waals surface area contributed by atoms with Crippen LogP contribution in [0.2, 0.25) is 0 Å². The molecule has 0 saturated carbocycles. The lowest BCUT2D eigenvalue weighted by Crippen LogP contribution is -2.08. The molecule has 0 saturated heterocycles. The predicted molar refractivity (Wildman–Crippen MR) is 119 cm³/mol. The summed E-state index contributed by atoms with van der Waals surface area (Å²) in [5, 5.41) is 4.02. The van der Waals surface area contributed by atoms with Crippen molar-refractivity contribution in [2.24, 2.45) is 4.99 Å². The largest absolute Gasteiger partial charge is 0.497 e. The number of methoxy groups -OCH3 is 2. The molecule has 1 N–H and O–H groups in total. The van der Waals surface area contributed by atoms with Crippen molar-refractivity contribution in [3.8, 4) is 22.6 Å². The van der Waals surface area contributed by atoms with Crippen LogP contribution in [0.5, 0.6) is 11.5 Å². The molecule has 0 bridgehead atoms. The second-order valence-corrected chi connectivity index (χ2v) is 6.15. The summed E-state index contributed by atoms with van der Waals surface area (Å²) in [7, 11) is 5.11. The number of rotatable bonds is 7. The molecule has 6 heteroatoms. The molecule has 29 heavy (non-hydrogen) atoms. The van der Waals surface area contributed by atoms with Crippen molar-refractivity contribution < 1.29 is 9.47 Å². The highest BCUT2D eigenvalue weighted by molar-refractivity contribution is 6.08. The van der Waals surface area contributed by atoms with Gasteiger partial charge in [0.25, 0.3) is 0 Å². The maximum Gasteiger partial charge on any atom is 0.180 e. The van der Waals surface area contributed by atoms with Crippen LogP contribution in [0, 0.1) is 0 Å². The maximum atomic E-state index is 5.66. The third-order valence-electron chi connectivity index (χ3n) is 4.43. The highest BCUT2D eigenvalue weighted by atomic mass is 16.5. The highest BCUT2D eigenvalue weighted by Crippen LogP contribution is 2.35. The normalized spacial score (nSPS) is 11.7. The van der Waals surface area contributed by atoms with E-state index in [9.17, 15) is 0 Å². The molecular weight excluding hydrogens is 364 g/mol. The second kappa shape index (κ2) is 9.01. The zero-order chi connectivity index (χ0) is 20.8. The van der Waals surface area contributed by atoms with Gasteiger partial charge in [-0.3, -0.25) is 4.99 Å². The molecular formula is C23H24N4O2. The molecule has 1 aromatic heterocycles. The van der Waals surface area contributed by atoms with Crippen molar-refractivity contribution in [1.29, 1.82) is 0 Å². The molecule has 0 unspecified atom stereocenters. The minimum absolute atomic E-state index is 0.477. The maximum absolute atomic E-state index is 5.66. The first kappa shape index (κ1) is 20.1. The molecule has 148 valence electrons. The van der Waals surface area contributed by atoms with E-state index < -0.39 is 0 Å². The van der Waals surface area contributed by atoms with E-state index in [1.165, 1.54) is 0 Å². The van der Waals surface area contributed by atoms with E-state index >= 15 is 0 Å². The Bertz CT molecular complexity index is 1090. The molecule has 3 aromatic rings. The van der Waals surface area contributed by atoms with Gasteiger partial charge in [-0.2, -0.15) is 0 Å². The zero-order valence-electron chi connectivity index (χ0n) is 17.1. The van der Waals surface area contributed by atoms with Gasteiger partial charge in [0.15, 0.2) is 5.82 Å². The van der Waals surface area contributed by atoms with Gasteiger partial charge in [-0.05, 0) is 48.4 Å². The summed E-state index contributed by atoms with van der Waals surface area (Å²) in [6.07, 6.45) is 5.16. The van der Waals surface area contributed by atoms with Crippen LogP contribution in [-0.2, 0) is 0 Å². The van der Waals surface area contributed by atoms with E-state index in [2.05, 4.69) is 21.9 Å². The van der Waals surface area contributed by atoms with Gasteiger partial charge in [0.05, 0.1) is 14.2 Å². The molecule has 0 spiro atoms. The number of ether oxygens (including phenoxy) is 2. The van der Waals surface area contributed by atoms with Gasteiger partial charge in [0.2, 0.25) is 0 Å². The molecule has 6 nitrogen and oxygen atoms in total. The monoisotopic (exact) mass is 388 g/mol. The molecule has 0 fully saturated rings. The van der Waals surface area contributed by atoms with Crippen molar-refractivity contribution in [2.45, 2.75) is 6.92 Å². The standard InChI is InChI=1S/C23H24N4O2/c1-6-12-25-19(7-2)23-26-21-18(22(24-3)27-23)13-16(14-20(21)29-5)15-8-10-17(28-4)11-9-15/h6-14H,2H2,1,3-5H3,(H,24,26,27)/b12-6-,25-19?. The van der Waals surface area contributed by atoms with Crippen LogP contribution in [-0.4, -0.2) is 36.9 Å². The van der Waals surface area contributed by atoms with Crippen molar-refractivity contribution in [1.82, 2.24) is 9.97 Å². The Kier molecular flexibility index (Phi) is 6.24. The van der Waals surface area contributed by atoms with Gasteiger partial charge in [-0.15, -0.1) is 0 Å². The number of nitrogens with zero attached hydrogens (tertiary/aromatic N) is 3. The second-order valence-electron chi connectivity index (χ2n) is 6.15. The number of nitrogens with one attached hydrogen (secondary N) is 1. The number of benzene rings is 2. The topological polar surface area (TPSA) is 68.6 Å². The summed E-state index contributed by atoms with van der Waals surface area (Å²) in [5.41, 5.74) is 3.33. The number of hydrogen-bond acceptors (Lipinski definition) is 6. The molecule has 1 heterocycles. The summed E-state index contributed by atoms with van der Waals surface area (Å²) in [5.74, 6) is 2.63. The quantitative estimate of drug-likeness (QED) is 0.585. The Labute approximate surface area is 170 Å². The number of fused-ring (bicyclic) bond motifs is 1. The summed E-state index contributed by atoms with van der Waals surface area (Å²) in [6, 6.07) is 11.9. The Morgan fingerprint density at radius 1 is 1.07 bits per heavy atom. The molecule has 2 aromatic carbocycles. The predicted octanol–water partition coefficient (Wildman–Crippen LogP) is 4.86. The van der Waals surface area contributed by atoms with Crippen molar-refractivity contribution in [3.63, 3.8) is 0 Å². The molecule has 0 aliphatic rings. The number of aliphatic imine (C=N–C) groups is 1. The van der Waals surface area contributed by atoms with E-state index in [0.717, 1.165) is 22.3 Å². The van der Waals surface area contributed by atoms with Gasteiger partial charge < -0.3 is 14.8 Å². The molecule has 0 radical (unpaired) electrons. The van der Waals surface area contributed by atoms with Crippen molar-refractivity contribution in [3.05, 3.63) is 67.2 Å². The first-order chi connectivity index (χ1) is 14.1. The fraction of sp³-hybridized carbons (Fsp3) is 0.174. The first-order valence-electron chi connectivity index (χ1n) is 9.18. The number of aromatic nitrogens is 2. The zero-order valence-corrected chi connectivity index (χ0v) is 17.1. The summed E-state index contributed by atoms with van der Waals surface area (Å²) < 4.78 is 10.9. The molecule has 3 rings (SSSR count). The van der Waals surface area contributed by atoms with Crippen LogP contribution in [0.4, 0.5) is 5.82 Å².